The fourth-order valence-corrected chi connectivity index (χ4v) is 1.95. The van der Waals surface area contributed by atoms with Crippen LogP contribution >= 0.6 is 11.6 Å². The van der Waals surface area contributed by atoms with Crippen LogP contribution in [0, 0.1) is 16.0 Å². The van der Waals surface area contributed by atoms with Crippen molar-refractivity contribution in [3.63, 3.8) is 0 Å². The lowest BCUT2D eigenvalue weighted by Crippen LogP contribution is -2.28. The van der Waals surface area contributed by atoms with Gasteiger partial charge in [0, 0.05) is 6.54 Å². The van der Waals surface area contributed by atoms with Crippen LogP contribution in [0.2, 0.25) is 5.28 Å². The summed E-state index contributed by atoms with van der Waals surface area (Å²) in [6, 6.07) is 0. The lowest BCUT2D eigenvalue weighted by molar-refractivity contribution is -0.384. The molecule has 1 aromatic heterocycles. The average molecular weight is 289 g/mol. The van der Waals surface area contributed by atoms with Gasteiger partial charge in [0.15, 0.2) is 0 Å². The van der Waals surface area contributed by atoms with E-state index in [0.29, 0.717) is 0 Å². The number of nitrogens with one attached hydrogen (secondary N) is 1. The second-order valence-corrected chi connectivity index (χ2v) is 4.49. The molecule has 0 aliphatic heterocycles. The number of hydrogen-bond acceptors (Lipinski definition) is 6. The molecule has 0 spiro atoms. The normalized spacial score (nSPS) is 12.5. The van der Waals surface area contributed by atoms with Gasteiger partial charge in [-0.15, -0.1) is 0 Å². The smallest absolute Gasteiger partial charge is 0.329 e. The van der Waals surface area contributed by atoms with Crippen molar-refractivity contribution in [1.29, 1.82) is 0 Å². The minimum Gasteiger partial charge on any atom is -0.391 e. The van der Waals surface area contributed by atoms with Crippen LogP contribution in [0.25, 0.3) is 0 Å². The van der Waals surface area contributed by atoms with Crippen LogP contribution in [0.4, 0.5) is 11.5 Å². The van der Waals surface area contributed by atoms with Gasteiger partial charge in [0.1, 0.15) is 6.20 Å². The predicted molar refractivity (Wildman–Crippen MR) is 72.3 cm³/mol. The summed E-state index contributed by atoms with van der Waals surface area (Å²) >= 11 is 5.61. The summed E-state index contributed by atoms with van der Waals surface area (Å²) in [5.74, 6) is 0.166. The third-order valence-electron chi connectivity index (χ3n) is 3.01. The number of halogens is 1. The van der Waals surface area contributed by atoms with Gasteiger partial charge in [-0.3, -0.25) is 10.1 Å². The van der Waals surface area contributed by atoms with E-state index in [4.69, 9.17) is 11.6 Å². The van der Waals surface area contributed by atoms with E-state index >= 15 is 0 Å². The molecular weight excluding hydrogens is 272 g/mol. The van der Waals surface area contributed by atoms with E-state index in [-0.39, 0.29) is 29.3 Å². The van der Waals surface area contributed by atoms with Gasteiger partial charge >= 0.3 is 5.69 Å². The standard InChI is InChI=1S/C11H17ClN4O3/c1-3-7(4-2)9(17)6-13-10-8(16(18)19)5-14-11(12)15-10/h5,7,9,17H,3-4,6H2,1-2H3,(H,13,14,15). The Morgan fingerprint density at radius 2 is 2.16 bits per heavy atom. The molecule has 1 heterocycles. The van der Waals surface area contributed by atoms with Gasteiger partial charge in [0.05, 0.1) is 11.0 Å². The van der Waals surface area contributed by atoms with Gasteiger partial charge in [-0.25, -0.2) is 4.98 Å². The molecule has 1 atom stereocenters. The summed E-state index contributed by atoms with van der Waals surface area (Å²) < 4.78 is 0. The topological polar surface area (TPSA) is 101 Å². The van der Waals surface area contributed by atoms with E-state index in [1.165, 1.54) is 0 Å². The molecule has 0 aliphatic rings. The first-order valence-corrected chi connectivity index (χ1v) is 6.46. The van der Waals surface area contributed by atoms with Crippen molar-refractivity contribution < 1.29 is 10.0 Å². The summed E-state index contributed by atoms with van der Waals surface area (Å²) in [5, 5.41) is 23.4. The molecule has 0 bridgehead atoms. The highest BCUT2D eigenvalue weighted by Crippen LogP contribution is 2.22. The number of aromatic nitrogens is 2. The minimum atomic E-state index is -0.595. The summed E-state index contributed by atoms with van der Waals surface area (Å²) in [4.78, 5) is 17.5. The second-order valence-electron chi connectivity index (χ2n) is 4.15. The van der Waals surface area contributed by atoms with Crippen molar-refractivity contribution in [2.75, 3.05) is 11.9 Å². The molecule has 1 aromatic rings. The molecule has 0 radical (unpaired) electrons. The SMILES string of the molecule is CCC(CC)C(O)CNc1nc(Cl)ncc1[N+](=O)[O-]. The van der Waals surface area contributed by atoms with Crippen molar-refractivity contribution >= 4 is 23.1 Å². The van der Waals surface area contributed by atoms with Crippen molar-refractivity contribution in [3.05, 3.63) is 21.6 Å². The Labute approximate surface area is 116 Å². The Kier molecular flexibility index (Phi) is 5.91. The first-order valence-electron chi connectivity index (χ1n) is 6.08. The average Bonchev–Trinajstić information content (AvgIpc) is 2.37. The Hall–Kier alpha value is -1.47. The Bertz CT molecular complexity index is 440. The monoisotopic (exact) mass is 288 g/mol. The van der Waals surface area contributed by atoms with E-state index in [9.17, 15) is 15.2 Å². The Morgan fingerprint density at radius 3 is 2.68 bits per heavy atom. The van der Waals surface area contributed by atoms with Gasteiger partial charge in [-0.1, -0.05) is 26.7 Å². The molecule has 0 aromatic carbocycles. The lowest BCUT2D eigenvalue weighted by Gasteiger charge is -2.20. The van der Waals surface area contributed by atoms with Crippen molar-refractivity contribution in [1.82, 2.24) is 9.97 Å². The molecule has 7 nitrogen and oxygen atoms in total. The zero-order valence-corrected chi connectivity index (χ0v) is 11.6. The molecule has 2 N–H and O–H groups in total. The minimum absolute atomic E-state index is 0.0232. The number of aliphatic hydroxyl groups is 1. The van der Waals surface area contributed by atoms with E-state index in [2.05, 4.69) is 15.3 Å². The summed E-state index contributed by atoms with van der Waals surface area (Å²) in [6.07, 6.45) is 2.13. The van der Waals surface area contributed by atoms with Crippen LogP contribution in [-0.2, 0) is 0 Å². The van der Waals surface area contributed by atoms with Crippen LogP contribution in [0.5, 0.6) is 0 Å². The zero-order chi connectivity index (χ0) is 14.4. The third kappa shape index (κ3) is 4.29. The molecule has 0 aliphatic carbocycles. The summed E-state index contributed by atoms with van der Waals surface area (Å²) in [5.41, 5.74) is -0.263. The van der Waals surface area contributed by atoms with E-state index in [0.717, 1.165) is 19.0 Å². The second kappa shape index (κ2) is 7.20. The highest BCUT2D eigenvalue weighted by molar-refractivity contribution is 6.28. The largest absolute Gasteiger partial charge is 0.391 e. The highest BCUT2D eigenvalue weighted by atomic mass is 35.5. The maximum Gasteiger partial charge on any atom is 0.329 e. The molecule has 106 valence electrons. The molecule has 1 rings (SSSR count). The molecule has 1 unspecified atom stereocenters. The number of aliphatic hydroxyl groups excluding tert-OH is 1. The van der Waals surface area contributed by atoms with E-state index < -0.39 is 11.0 Å². The van der Waals surface area contributed by atoms with Crippen LogP contribution in [0.1, 0.15) is 26.7 Å². The van der Waals surface area contributed by atoms with Crippen LogP contribution in [0.3, 0.4) is 0 Å². The number of hydrogen-bond donors (Lipinski definition) is 2. The summed E-state index contributed by atoms with van der Waals surface area (Å²) in [6.45, 7) is 4.16. The van der Waals surface area contributed by atoms with Crippen LogP contribution in [-0.4, -0.2) is 32.6 Å². The van der Waals surface area contributed by atoms with Gasteiger partial charge in [-0.05, 0) is 17.5 Å². The van der Waals surface area contributed by atoms with Gasteiger partial charge in [0.2, 0.25) is 11.1 Å². The fraction of sp³-hybridized carbons (Fsp3) is 0.636. The Morgan fingerprint density at radius 1 is 1.53 bits per heavy atom. The van der Waals surface area contributed by atoms with E-state index in [1.54, 1.807) is 0 Å². The third-order valence-corrected chi connectivity index (χ3v) is 3.19. The number of rotatable bonds is 7. The molecule has 0 amide bonds. The Balaban J connectivity index is 2.76. The number of anilines is 1. The van der Waals surface area contributed by atoms with Crippen molar-refractivity contribution in [2.45, 2.75) is 32.8 Å². The maximum absolute atomic E-state index is 10.8. The van der Waals surface area contributed by atoms with Crippen molar-refractivity contribution in [3.8, 4) is 0 Å². The van der Waals surface area contributed by atoms with Gasteiger partial charge in [-0.2, -0.15) is 4.98 Å². The first-order chi connectivity index (χ1) is 8.99. The molecular formula is C11H17ClN4O3. The summed E-state index contributed by atoms with van der Waals surface area (Å²) in [7, 11) is 0. The molecule has 0 saturated carbocycles. The van der Waals surface area contributed by atoms with Crippen molar-refractivity contribution in [2.24, 2.45) is 5.92 Å². The quantitative estimate of drug-likeness (QED) is 0.453. The van der Waals surface area contributed by atoms with Gasteiger partial charge < -0.3 is 10.4 Å². The fourth-order valence-electron chi connectivity index (χ4n) is 1.82. The number of nitro groups is 1. The lowest BCUT2D eigenvalue weighted by atomic mass is 9.96. The number of nitrogens with zero attached hydrogens (tertiary/aromatic N) is 3. The van der Waals surface area contributed by atoms with Crippen LogP contribution in [0.15, 0.2) is 6.20 Å². The molecule has 0 saturated heterocycles. The highest BCUT2D eigenvalue weighted by Gasteiger charge is 2.20. The maximum atomic E-state index is 10.8. The molecule has 8 heteroatoms. The predicted octanol–water partition coefficient (Wildman–Crippen LogP) is 2.25. The van der Waals surface area contributed by atoms with E-state index in [1.807, 2.05) is 13.8 Å². The zero-order valence-electron chi connectivity index (χ0n) is 10.8. The van der Waals surface area contributed by atoms with Crippen LogP contribution < -0.4 is 5.32 Å². The molecule has 0 fully saturated rings. The van der Waals surface area contributed by atoms with Gasteiger partial charge in [0.25, 0.3) is 0 Å². The first kappa shape index (κ1) is 15.6. The molecule has 19 heavy (non-hydrogen) atoms.